The Bertz CT molecular complexity index is 1030. The third kappa shape index (κ3) is 5.13. The zero-order valence-corrected chi connectivity index (χ0v) is 21.5. The highest BCUT2D eigenvalue weighted by Crippen LogP contribution is 2.40. The van der Waals surface area contributed by atoms with E-state index in [1.165, 1.54) is 36.1 Å². The molecule has 2 atom stereocenters. The lowest BCUT2D eigenvalue weighted by Crippen LogP contribution is -2.56. The number of methoxy groups -OCH3 is 1. The molecule has 0 aliphatic carbocycles. The summed E-state index contributed by atoms with van der Waals surface area (Å²) in [7, 11) is 1.66. The van der Waals surface area contributed by atoms with Crippen molar-refractivity contribution in [2.75, 3.05) is 44.8 Å². The summed E-state index contributed by atoms with van der Waals surface area (Å²) in [5.74, 6) is 1.43. The minimum atomic E-state index is -0.0880. The first-order valence-corrected chi connectivity index (χ1v) is 12.6. The van der Waals surface area contributed by atoms with E-state index >= 15 is 0 Å². The summed E-state index contributed by atoms with van der Waals surface area (Å²) in [5, 5.41) is 3.43. The number of piperazine rings is 1. The van der Waals surface area contributed by atoms with E-state index in [2.05, 4.69) is 41.1 Å². The summed E-state index contributed by atoms with van der Waals surface area (Å²) >= 11 is 6.24. The molecule has 0 aromatic heterocycles. The Morgan fingerprint density at radius 1 is 1.12 bits per heavy atom. The molecular formula is C27H36ClN3O3. The van der Waals surface area contributed by atoms with Crippen molar-refractivity contribution in [3.63, 3.8) is 0 Å². The number of benzene rings is 2. The Morgan fingerprint density at radius 2 is 1.94 bits per heavy atom. The van der Waals surface area contributed by atoms with Gasteiger partial charge in [-0.25, -0.2) is 0 Å². The van der Waals surface area contributed by atoms with Crippen LogP contribution in [0.5, 0.6) is 11.5 Å². The predicted octanol–water partition coefficient (Wildman–Crippen LogP) is 4.90. The molecule has 184 valence electrons. The highest BCUT2D eigenvalue weighted by Gasteiger charge is 2.36. The van der Waals surface area contributed by atoms with E-state index in [0.29, 0.717) is 23.7 Å². The van der Waals surface area contributed by atoms with Crippen LogP contribution in [0.25, 0.3) is 0 Å². The number of nitrogens with one attached hydrogen (secondary N) is 1. The van der Waals surface area contributed by atoms with Crippen molar-refractivity contribution < 1.29 is 14.3 Å². The Kier molecular flexibility index (Phi) is 7.89. The smallest absolute Gasteiger partial charge is 0.257 e. The van der Waals surface area contributed by atoms with Gasteiger partial charge in [0.2, 0.25) is 0 Å². The molecule has 7 heteroatoms. The number of halogens is 1. The van der Waals surface area contributed by atoms with Crippen molar-refractivity contribution >= 4 is 23.2 Å². The molecule has 34 heavy (non-hydrogen) atoms. The van der Waals surface area contributed by atoms with Crippen LogP contribution in [0.3, 0.4) is 0 Å². The van der Waals surface area contributed by atoms with Crippen molar-refractivity contribution in [1.82, 2.24) is 10.2 Å². The number of carbonyl (C=O) groups is 1. The number of ether oxygens (including phenoxy) is 2. The normalized spacial score (nSPS) is 20.6. The van der Waals surface area contributed by atoms with Gasteiger partial charge in [-0.15, -0.1) is 0 Å². The Balaban J connectivity index is 1.48. The minimum absolute atomic E-state index is 0.0520. The standard InChI is InChI=1S/C27H36ClN3O3/c1-5-29-27(32)17-34-25-12-10-22(18(2)19(25)3)24-8-6-7-21-16-30(13-14-31(21)24)20-9-11-23(28)26(15-20)33-4/h9-12,15,21,24H,5-8,13-14,16-17H2,1-4H3,(H,29,32)/t21-,24+/m0/s1. The largest absolute Gasteiger partial charge is 0.495 e. The monoisotopic (exact) mass is 485 g/mol. The maximum Gasteiger partial charge on any atom is 0.257 e. The number of fused-ring (bicyclic) bond motifs is 1. The number of hydrogen-bond acceptors (Lipinski definition) is 5. The first kappa shape index (κ1) is 24.7. The van der Waals surface area contributed by atoms with Crippen molar-refractivity contribution in [3.8, 4) is 11.5 Å². The van der Waals surface area contributed by atoms with Gasteiger partial charge in [0.15, 0.2) is 6.61 Å². The van der Waals surface area contributed by atoms with Crippen LogP contribution in [0.2, 0.25) is 5.02 Å². The lowest BCUT2D eigenvalue weighted by molar-refractivity contribution is -0.122. The van der Waals surface area contributed by atoms with E-state index in [4.69, 9.17) is 21.1 Å². The van der Waals surface area contributed by atoms with E-state index in [1.54, 1.807) is 7.11 Å². The van der Waals surface area contributed by atoms with Crippen LogP contribution < -0.4 is 19.7 Å². The summed E-state index contributed by atoms with van der Waals surface area (Å²) in [5.41, 5.74) is 4.94. The van der Waals surface area contributed by atoms with Crippen LogP contribution >= 0.6 is 11.6 Å². The topological polar surface area (TPSA) is 54.0 Å². The predicted molar refractivity (Wildman–Crippen MR) is 137 cm³/mol. The maximum atomic E-state index is 11.8. The fraction of sp³-hybridized carbons (Fsp3) is 0.519. The second-order valence-electron chi connectivity index (χ2n) is 9.25. The second kappa shape index (κ2) is 10.9. The molecule has 6 nitrogen and oxygen atoms in total. The molecule has 2 fully saturated rings. The molecule has 0 unspecified atom stereocenters. The molecule has 0 radical (unpaired) electrons. The quantitative estimate of drug-likeness (QED) is 0.604. The molecule has 0 bridgehead atoms. The van der Waals surface area contributed by atoms with Gasteiger partial charge in [0.05, 0.1) is 12.1 Å². The summed E-state index contributed by atoms with van der Waals surface area (Å²) < 4.78 is 11.3. The van der Waals surface area contributed by atoms with Crippen molar-refractivity contribution in [3.05, 3.63) is 52.0 Å². The number of piperidine rings is 1. The molecule has 4 rings (SSSR count). The second-order valence-corrected chi connectivity index (χ2v) is 9.66. The number of likely N-dealkylation sites (N-methyl/N-ethyl adjacent to an activating group) is 1. The van der Waals surface area contributed by atoms with Crippen molar-refractivity contribution in [1.29, 1.82) is 0 Å². The van der Waals surface area contributed by atoms with E-state index in [0.717, 1.165) is 36.7 Å². The third-order valence-corrected chi connectivity index (χ3v) is 7.63. The summed E-state index contributed by atoms with van der Waals surface area (Å²) in [6.45, 7) is 9.86. The van der Waals surface area contributed by atoms with Crippen LogP contribution in [0.15, 0.2) is 30.3 Å². The van der Waals surface area contributed by atoms with Gasteiger partial charge in [0.1, 0.15) is 11.5 Å². The van der Waals surface area contributed by atoms with E-state index in [1.807, 2.05) is 25.1 Å². The molecule has 2 aliphatic heterocycles. The average molecular weight is 486 g/mol. The Hall–Kier alpha value is -2.44. The molecule has 2 aliphatic rings. The summed E-state index contributed by atoms with van der Waals surface area (Å²) in [6, 6.07) is 11.2. The number of amides is 1. The molecular weight excluding hydrogens is 450 g/mol. The summed E-state index contributed by atoms with van der Waals surface area (Å²) in [4.78, 5) is 17.0. The van der Waals surface area contributed by atoms with Gasteiger partial charge in [-0.3, -0.25) is 9.69 Å². The average Bonchev–Trinajstić information content (AvgIpc) is 2.85. The third-order valence-electron chi connectivity index (χ3n) is 7.31. The number of hydrogen-bond donors (Lipinski definition) is 1. The molecule has 1 amide bonds. The van der Waals surface area contributed by atoms with Crippen LogP contribution in [-0.4, -0.2) is 56.7 Å². The lowest BCUT2D eigenvalue weighted by Gasteiger charge is -2.49. The van der Waals surface area contributed by atoms with Gasteiger partial charge in [-0.1, -0.05) is 17.7 Å². The van der Waals surface area contributed by atoms with Crippen molar-refractivity contribution in [2.24, 2.45) is 0 Å². The first-order valence-electron chi connectivity index (χ1n) is 12.3. The van der Waals surface area contributed by atoms with Crippen LogP contribution in [-0.2, 0) is 4.79 Å². The fourth-order valence-corrected chi connectivity index (χ4v) is 5.58. The molecule has 1 N–H and O–H groups in total. The molecule has 0 saturated carbocycles. The van der Waals surface area contributed by atoms with Crippen LogP contribution in [0.1, 0.15) is 48.9 Å². The lowest BCUT2D eigenvalue weighted by atomic mass is 9.86. The van der Waals surface area contributed by atoms with E-state index in [9.17, 15) is 4.79 Å². The first-order chi connectivity index (χ1) is 16.4. The molecule has 2 heterocycles. The maximum absolute atomic E-state index is 11.8. The van der Waals surface area contributed by atoms with Gasteiger partial charge in [-0.2, -0.15) is 0 Å². The Morgan fingerprint density at radius 3 is 2.71 bits per heavy atom. The molecule has 2 aromatic rings. The number of carbonyl (C=O) groups excluding carboxylic acids is 1. The molecule has 2 aromatic carbocycles. The Labute approximate surface area is 208 Å². The van der Waals surface area contributed by atoms with Gasteiger partial charge in [0.25, 0.3) is 5.91 Å². The van der Waals surface area contributed by atoms with Crippen LogP contribution in [0.4, 0.5) is 5.69 Å². The molecule has 0 spiro atoms. The fourth-order valence-electron chi connectivity index (χ4n) is 5.39. The number of rotatable bonds is 7. The number of anilines is 1. The molecule has 2 saturated heterocycles. The number of nitrogens with zero attached hydrogens (tertiary/aromatic N) is 2. The van der Waals surface area contributed by atoms with Crippen LogP contribution in [0, 0.1) is 13.8 Å². The minimum Gasteiger partial charge on any atom is -0.495 e. The van der Waals surface area contributed by atoms with Gasteiger partial charge in [0, 0.05) is 50.0 Å². The van der Waals surface area contributed by atoms with Crippen molar-refractivity contribution in [2.45, 2.75) is 52.1 Å². The van der Waals surface area contributed by atoms with Gasteiger partial charge in [-0.05, 0) is 74.9 Å². The zero-order chi connectivity index (χ0) is 24.2. The zero-order valence-electron chi connectivity index (χ0n) is 20.7. The van der Waals surface area contributed by atoms with Gasteiger partial charge >= 0.3 is 0 Å². The highest BCUT2D eigenvalue weighted by atomic mass is 35.5. The van der Waals surface area contributed by atoms with E-state index in [-0.39, 0.29) is 12.5 Å². The SMILES string of the molecule is CCNC(=O)COc1ccc([C@H]2CCC[C@H]3CN(c4ccc(Cl)c(OC)c4)CCN32)c(C)c1C. The highest BCUT2D eigenvalue weighted by molar-refractivity contribution is 6.32. The summed E-state index contributed by atoms with van der Waals surface area (Å²) in [6.07, 6.45) is 3.60. The van der Waals surface area contributed by atoms with Gasteiger partial charge < -0.3 is 19.7 Å². The van der Waals surface area contributed by atoms with E-state index < -0.39 is 0 Å².